The lowest BCUT2D eigenvalue weighted by Gasteiger charge is -2.18. The number of para-hydroxylation sites is 1. The van der Waals surface area contributed by atoms with Crippen molar-refractivity contribution in [3.8, 4) is 11.5 Å². The van der Waals surface area contributed by atoms with Crippen molar-refractivity contribution in [2.75, 3.05) is 5.32 Å². The van der Waals surface area contributed by atoms with E-state index in [4.69, 9.17) is 9.47 Å². The molecule has 4 rings (SSSR count). The van der Waals surface area contributed by atoms with Gasteiger partial charge in [-0.25, -0.2) is 0 Å². The molecule has 8 heteroatoms. The highest BCUT2D eigenvalue weighted by Gasteiger charge is 2.32. The number of hydrogen-bond donors (Lipinski definition) is 1. The molecule has 32 heavy (non-hydrogen) atoms. The van der Waals surface area contributed by atoms with Crippen LogP contribution in [0.5, 0.6) is 11.5 Å². The lowest BCUT2D eigenvalue weighted by molar-refractivity contribution is -0.387. The molecule has 0 radical (unpaired) electrons. The van der Waals surface area contributed by atoms with Crippen molar-refractivity contribution in [1.29, 1.82) is 0 Å². The monoisotopic (exact) mass is 436 g/mol. The minimum Gasteiger partial charge on any atom is -0.485 e. The van der Waals surface area contributed by atoms with Gasteiger partial charge in [-0.1, -0.05) is 24.3 Å². The molecule has 1 aliphatic rings. The van der Waals surface area contributed by atoms with Gasteiger partial charge in [-0.3, -0.25) is 14.9 Å². The third kappa shape index (κ3) is 4.54. The van der Waals surface area contributed by atoms with Crippen LogP contribution in [0.15, 0.2) is 60.7 Å². The van der Waals surface area contributed by atoms with Crippen LogP contribution in [-0.2, 0) is 13.0 Å². The highest BCUT2D eigenvalue weighted by Crippen LogP contribution is 2.42. The van der Waals surface area contributed by atoms with E-state index >= 15 is 0 Å². The van der Waals surface area contributed by atoms with Crippen LogP contribution in [0, 0.1) is 15.9 Å². The van der Waals surface area contributed by atoms with Crippen LogP contribution in [0.3, 0.4) is 0 Å². The molecule has 0 spiro atoms. The number of benzene rings is 3. The lowest BCUT2D eigenvalue weighted by Crippen LogP contribution is -2.24. The number of anilines is 1. The second kappa shape index (κ2) is 8.30. The van der Waals surface area contributed by atoms with Gasteiger partial charge in [0.1, 0.15) is 12.2 Å². The number of nitro benzene ring substituents is 1. The molecule has 1 heterocycles. The van der Waals surface area contributed by atoms with Gasteiger partial charge < -0.3 is 14.8 Å². The fraction of sp³-hybridized carbons (Fsp3) is 0.208. The summed E-state index contributed by atoms with van der Waals surface area (Å²) in [7, 11) is 0. The van der Waals surface area contributed by atoms with Gasteiger partial charge in [0.15, 0.2) is 11.5 Å². The molecule has 3 aromatic carbocycles. The number of ether oxygens (including phenoxy) is 2. The molecule has 0 saturated heterocycles. The molecular formula is C24H21FN2O5. The number of carbonyl (C=O) groups is 1. The molecule has 1 N–H and O–H groups in total. The van der Waals surface area contributed by atoms with E-state index in [2.05, 4.69) is 5.32 Å². The average molecular weight is 436 g/mol. The number of fused-ring (bicyclic) bond motifs is 1. The first-order valence-corrected chi connectivity index (χ1v) is 10.00. The Hall–Kier alpha value is -3.94. The van der Waals surface area contributed by atoms with Gasteiger partial charge in [-0.15, -0.1) is 0 Å². The third-order valence-electron chi connectivity index (χ3n) is 5.07. The minimum absolute atomic E-state index is 0.136. The number of hydrogen-bond acceptors (Lipinski definition) is 5. The molecular weight excluding hydrogens is 415 g/mol. The molecule has 164 valence electrons. The van der Waals surface area contributed by atoms with Crippen LogP contribution >= 0.6 is 0 Å². The van der Waals surface area contributed by atoms with Crippen molar-refractivity contribution in [3.63, 3.8) is 0 Å². The quantitative estimate of drug-likeness (QED) is 0.419. The third-order valence-corrected chi connectivity index (χ3v) is 5.07. The maximum atomic E-state index is 13.5. The smallest absolute Gasteiger partial charge is 0.306 e. The van der Waals surface area contributed by atoms with Crippen molar-refractivity contribution >= 4 is 17.3 Å². The topological polar surface area (TPSA) is 90.7 Å². The number of carbonyl (C=O) groups excluding carboxylic acids is 1. The van der Waals surface area contributed by atoms with Crippen LogP contribution in [0.1, 0.15) is 35.3 Å². The Morgan fingerprint density at radius 2 is 1.94 bits per heavy atom. The largest absolute Gasteiger partial charge is 0.485 e. The Balaban J connectivity index is 1.40. The van der Waals surface area contributed by atoms with E-state index in [9.17, 15) is 19.3 Å². The minimum atomic E-state index is -0.963. The molecule has 7 nitrogen and oxygen atoms in total. The average Bonchev–Trinajstić information content (AvgIpc) is 3.08. The Morgan fingerprint density at radius 1 is 1.19 bits per heavy atom. The summed E-state index contributed by atoms with van der Waals surface area (Å²) in [6.07, 6.45) is 0.820. The van der Waals surface area contributed by atoms with Crippen molar-refractivity contribution in [1.82, 2.24) is 0 Å². The van der Waals surface area contributed by atoms with Crippen LogP contribution in [0.2, 0.25) is 0 Å². The van der Waals surface area contributed by atoms with Crippen molar-refractivity contribution in [3.05, 3.63) is 93.3 Å². The normalized spacial score (nSPS) is 13.7. The van der Waals surface area contributed by atoms with E-state index in [1.165, 1.54) is 6.07 Å². The molecule has 0 bridgehead atoms. The predicted octanol–water partition coefficient (Wildman–Crippen LogP) is 5.28. The van der Waals surface area contributed by atoms with Crippen LogP contribution in [-0.4, -0.2) is 16.4 Å². The van der Waals surface area contributed by atoms with E-state index in [1.807, 2.05) is 32.0 Å². The maximum absolute atomic E-state index is 13.5. The summed E-state index contributed by atoms with van der Waals surface area (Å²) in [5.74, 6) is 0.0138. The number of nitrogens with one attached hydrogen (secondary N) is 1. The molecule has 3 aromatic rings. The maximum Gasteiger partial charge on any atom is 0.306 e. The zero-order valence-electron chi connectivity index (χ0n) is 17.6. The standard InChI is InChI=1S/C24H21FN2O5/c1-24(2)13-17-4-3-5-21(22(17)32-24)31-14-15-6-8-16(9-7-15)23(28)26-18-10-11-19(25)20(12-18)27(29)30/h3-12H,13-14H2,1-2H3,(H,26,28). The van der Waals surface area contributed by atoms with Gasteiger partial charge in [0.25, 0.3) is 5.91 Å². The summed E-state index contributed by atoms with van der Waals surface area (Å²) < 4.78 is 25.4. The van der Waals surface area contributed by atoms with Gasteiger partial charge in [0, 0.05) is 29.3 Å². The molecule has 1 aliphatic heterocycles. The predicted molar refractivity (Wildman–Crippen MR) is 117 cm³/mol. The van der Waals surface area contributed by atoms with Gasteiger partial charge in [0.2, 0.25) is 5.82 Å². The summed E-state index contributed by atoms with van der Waals surface area (Å²) in [5.41, 5.74) is 1.49. The fourth-order valence-corrected chi connectivity index (χ4v) is 3.55. The number of nitro groups is 1. The van der Waals surface area contributed by atoms with Crippen molar-refractivity contribution < 1.29 is 23.6 Å². The molecule has 0 fully saturated rings. The number of rotatable bonds is 6. The first-order chi connectivity index (χ1) is 15.2. The highest BCUT2D eigenvalue weighted by molar-refractivity contribution is 6.04. The second-order valence-corrected chi connectivity index (χ2v) is 8.15. The zero-order chi connectivity index (χ0) is 22.9. The Morgan fingerprint density at radius 3 is 2.66 bits per heavy atom. The molecule has 0 saturated carbocycles. The van der Waals surface area contributed by atoms with Gasteiger partial charge in [-0.05, 0) is 49.7 Å². The molecule has 1 amide bonds. The van der Waals surface area contributed by atoms with Gasteiger partial charge >= 0.3 is 5.69 Å². The highest BCUT2D eigenvalue weighted by atomic mass is 19.1. The summed E-state index contributed by atoms with van der Waals surface area (Å²) >= 11 is 0. The van der Waals surface area contributed by atoms with Crippen LogP contribution in [0.4, 0.5) is 15.8 Å². The number of amides is 1. The van der Waals surface area contributed by atoms with Crippen LogP contribution in [0.25, 0.3) is 0 Å². The summed E-state index contributed by atoms with van der Waals surface area (Å²) in [6.45, 7) is 4.36. The molecule has 0 atom stereocenters. The Labute approximate surface area is 183 Å². The summed E-state index contributed by atoms with van der Waals surface area (Å²) in [4.78, 5) is 22.5. The molecule has 0 aliphatic carbocycles. The zero-order valence-corrected chi connectivity index (χ0v) is 17.6. The number of halogens is 1. The van der Waals surface area contributed by atoms with E-state index in [-0.39, 0.29) is 11.3 Å². The number of nitrogens with zero attached hydrogens (tertiary/aromatic N) is 1. The van der Waals surface area contributed by atoms with Crippen molar-refractivity contribution in [2.24, 2.45) is 0 Å². The summed E-state index contributed by atoms with van der Waals surface area (Å²) in [5, 5.41) is 13.4. The molecule has 0 unspecified atom stereocenters. The van der Waals surface area contributed by atoms with Crippen molar-refractivity contribution in [2.45, 2.75) is 32.5 Å². The Bertz CT molecular complexity index is 1190. The first-order valence-electron chi connectivity index (χ1n) is 10.00. The van der Waals surface area contributed by atoms with E-state index in [0.29, 0.717) is 17.9 Å². The Kier molecular flexibility index (Phi) is 5.52. The van der Waals surface area contributed by atoms with E-state index in [0.717, 1.165) is 35.4 Å². The lowest BCUT2D eigenvalue weighted by atomic mass is 10.0. The fourth-order valence-electron chi connectivity index (χ4n) is 3.55. The van der Waals surface area contributed by atoms with Gasteiger partial charge in [0.05, 0.1) is 4.92 Å². The van der Waals surface area contributed by atoms with E-state index in [1.54, 1.807) is 24.3 Å². The SMILES string of the molecule is CC1(C)Cc2cccc(OCc3ccc(C(=O)Nc4ccc(F)c([N+](=O)[O-])c4)cc3)c2O1. The first kappa shape index (κ1) is 21.3. The van der Waals surface area contributed by atoms with E-state index < -0.39 is 22.3 Å². The van der Waals surface area contributed by atoms with Crippen LogP contribution < -0.4 is 14.8 Å². The summed E-state index contributed by atoms with van der Waals surface area (Å²) in [6, 6.07) is 15.8. The second-order valence-electron chi connectivity index (χ2n) is 8.15. The molecule has 0 aromatic heterocycles. The van der Waals surface area contributed by atoms with Gasteiger partial charge in [-0.2, -0.15) is 4.39 Å².